The van der Waals surface area contributed by atoms with Gasteiger partial charge in [-0.3, -0.25) is 0 Å². The molecule has 0 N–H and O–H groups in total. The topological polar surface area (TPSA) is 8.17 Å². The second-order valence-corrected chi connectivity index (χ2v) is 17.9. The fourth-order valence-corrected chi connectivity index (χ4v) is 11.8. The Hall–Kier alpha value is -7.98. The van der Waals surface area contributed by atoms with Crippen LogP contribution in [-0.2, 0) is 5.41 Å². The van der Waals surface area contributed by atoms with Gasteiger partial charge in [0.2, 0.25) is 0 Å². The number of rotatable bonds is 7. The Morgan fingerprint density at radius 2 is 0.859 bits per heavy atom. The molecule has 0 spiro atoms. The Morgan fingerprint density at radius 3 is 1.55 bits per heavy atom. The number of anilines is 3. The third-order valence-electron chi connectivity index (χ3n) is 13.5. The van der Waals surface area contributed by atoms with Gasteiger partial charge in [-0.05, 0) is 123 Å². The molecule has 1 aliphatic rings. The van der Waals surface area contributed by atoms with Crippen molar-refractivity contribution in [3.63, 3.8) is 0 Å². The smallest absolute Gasteiger partial charge is 0.0713 e. The molecular weight excluding hydrogens is 793 g/mol. The average molecular weight is 833 g/mol. The van der Waals surface area contributed by atoms with Gasteiger partial charge in [-0.1, -0.05) is 164 Å². The lowest BCUT2D eigenvalue weighted by molar-refractivity contribution is 0.768. The van der Waals surface area contributed by atoms with E-state index in [1.165, 1.54) is 86.5 Å². The Morgan fingerprint density at radius 1 is 0.344 bits per heavy atom. The van der Waals surface area contributed by atoms with E-state index in [0.29, 0.717) is 0 Å². The van der Waals surface area contributed by atoms with Crippen molar-refractivity contribution in [2.75, 3.05) is 4.90 Å². The predicted octanol–water partition coefficient (Wildman–Crippen LogP) is 16.7. The molecule has 0 fully saturated rings. The van der Waals surface area contributed by atoms with E-state index in [9.17, 15) is 0 Å². The fraction of sp³-hybridized carbons (Fsp3) is 0.0164. The number of aromatic nitrogens is 1. The molecule has 0 bridgehead atoms. The molecule has 13 rings (SSSR count). The fourth-order valence-electron chi connectivity index (χ4n) is 10.7. The standard InChI is InChI=1S/C61H40N2S/c1-3-15-43(16-4-1)61(44-17-5-2-6-18-44)55-23-11-7-19-49(55)53-40-48(36-37-56(53)61)62(45-30-27-41(28-31-45)42-29-38-60-54(39-42)52-22-10-14-26-59(52)64-60)46-32-34-47(35-33-46)63-57-24-12-8-20-50(57)51-21-9-13-25-58(51)63/h1-40H. The summed E-state index contributed by atoms with van der Waals surface area (Å²) in [6.07, 6.45) is 0. The molecule has 2 aromatic heterocycles. The lowest BCUT2D eigenvalue weighted by Crippen LogP contribution is -2.28. The van der Waals surface area contributed by atoms with Crippen molar-refractivity contribution in [1.82, 2.24) is 4.57 Å². The summed E-state index contributed by atoms with van der Waals surface area (Å²) in [5.41, 5.74) is 16.4. The van der Waals surface area contributed by atoms with Crippen molar-refractivity contribution in [3.05, 3.63) is 265 Å². The van der Waals surface area contributed by atoms with Gasteiger partial charge in [-0.25, -0.2) is 0 Å². The summed E-state index contributed by atoms with van der Waals surface area (Å²) < 4.78 is 5.03. The molecule has 0 radical (unpaired) electrons. The van der Waals surface area contributed by atoms with Crippen LogP contribution < -0.4 is 4.90 Å². The van der Waals surface area contributed by atoms with Crippen molar-refractivity contribution >= 4 is 70.4 Å². The maximum atomic E-state index is 2.42. The minimum absolute atomic E-state index is 0.460. The first kappa shape index (κ1) is 36.7. The monoisotopic (exact) mass is 832 g/mol. The van der Waals surface area contributed by atoms with Crippen LogP contribution in [0.3, 0.4) is 0 Å². The van der Waals surface area contributed by atoms with Crippen molar-refractivity contribution in [3.8, 4) is 27.9 Å². The van der Waals surface area contributed by atoms with Crippen molar-refractivity contribution in [2.24, 2.45) is 0 Å². The largest absolute Gasteiger partial charge is 0.310 e. The summed E-state index contributed by atoms with van der Waals surface area (Å²) in [4.78, 5) is 2.42. The Balaban J connectivity index is 0.980. The van der Waals surface area contributed by atoms with Gasteiger partial charge in [0.25, 0.3) is 0 Å². The van der Waals surface area contributed by atoms with E-state index < -0.39 is 5.41 Å². The summed E-state index contributed by atoms with van der Waals surface area (Å²) in [7, 11) is 0. The van der Waals surface area contributed by atoms with Crippen LogP contribution in [0.4, 0.5) is 17.1 Å². The molecule has 0 saturated heterocycles. The van der Waals surface area contributed by atoms with E-state index in [1.807, 2.05) is 11.3 Å². The van der Waals surface area contributed by atoms with Crippen LogP contribution in [-0.4, -0.2) is 4.57 Å². The van der Waals surface area contributed by atoms with Crippen LogP contribution >= 0.6 is 11.3 Å². The average Bonchev–Trinajstić information content (AvgIpc) is 4.01. The van der Waals surface area contributed by atoms with Crippen LogP contribution in [0.1, 0.15) is 22.3 Å². The molecule has 2 nitrogen and oxygen atoms in total. The van der Waals surface area contributed by atoms with Crippen molar-refractivity contribution in [2.45, 2.75) is 5.41 Å². The van der Waals surface area contributed by atoms with Gasteiger partial charge in [-0.15, -0.1) is 11.3 Å². The molecule has 12 aromatic rings. The van der Waals surface area contributed by atoms with E-state index in [0.717, 1.165) is 22.7 Å². The summed E-state index contributed by atoms with van der Waals surface area (Å²) in [5, 5.41) is 5.15. The van der Waals surface area contributed by atoms with Crippen molar-refractivity contribution in [1.29, 1.82) is 0 Å². The minimum Gasteiger partial charge on any atom is -0.310 e. The van der Waals surface area contributed by atoms with E-state index in [4.69, 9.17) is 0 Å². The van der Waals surface area contributed by atoms with Gasteiger partial charge in [0, 0.05) is 53.7 Å². The third-order valence-corrected chi connectivity index (χ3v) is 14.6. The highest BCUT2D eigenvalue weighted by molar-refractivity contribution is 7.25. The zero-order valence-corrected chi connectivity index (χ0v) is 35.7. The lowest BCUT2D eigenvalue weighted by Gasteiger charge is -2.34. The maximum Gasteiger partial charge on any atom is 0.0713 e. The van der Waals surface area contributed by atoms with Crippen molar-refractivity contribution < 1.29 is 0 Å². The van der Waals surface area contributed by atoms with Gasteiger partial charge in [0.05, 0.1) is 16.4 Å². The maximum absolute atomic E-state index is 2.42. The van der Waals surface area contributed by atoms with E-state index in [-0.39, 0.29) is 0 Å². The molecule has 1 aliphatic carbocycles. The summed E-state index contributed by atoms with van der Waals surface area (Å²) >= 11 is 1.86. The number of thiophene rings is 1. The second kappa shape index (κ2) is 14.6. The lowest BCUT2D eigenvalue weighted by atomic mass is 9.68. The molecule has 300 valence electrons. The quantitative estimate of drug-likeness (QED) is 0.155. The molecule has 10 aromatic carbocycles. The van der Waals surface area contributed by atoms with Gasteiger partial charge >= 0.3 is 0 Å². The number of benzene rings is 10. The van der Waals surface area contributed by atoms with E-state index in [2.05, 4.69) is 252 Å². The molecule has 0 amide bonds. The van der Waals surface area contributed by atoms with Gasteiger partial charge in [0.15, 0.2) is 0 Å². The van der Waals surface area contributed by atoms with Gasteiger partial charge < -0.3 is 9.47 Å². The SMILES string of the molecule is c1ccc(C2(c3ccccc3)c3ccccc3-c3cc(N(c4ccc(-c5ccc6sc7ccccc7c6c5)cc4)c4ccc(-n5c6ccccc6c6ccccc65)cc4)ccc32)cc1. The van der Waals surface area contributed by atoms with E-state index >= 15 is 0 Å². The highest BCUT2D eigenvalue weighted by Crippen LogP contribution is 2.57. The molecule has 3 heteroatoms. The Labute approximate surface area is 376 Å². The number of hydrogen-bond donors (Lipinski definition) is 0. The van der Waals surface area contributed by atoms with Crippen LogP contribution in [0, 0.1) is 0 Å². The first-order valence-corrected chi connectivity index (χ1v) is 22.8. The number of para-hydroxylation sites is 2. The normalized spacial score (nSPS) is 12.8. The zero-order chi connectivity index (χ0) is 42.2. The van der Waals surface area contributed by atoms with Crippen LogP contribution in [0.25, 0.3) is 69.9 Å². The Bertz CT molecular complexity index is 3620. The number of nitrogens with zero attached hydrogens (tertiary/aromatic N) is 2. The molecule has 0 aliphatic heterocycles. The highest BCUT2D eigenvalue weighted by atomic mass is 32.1. The predicted molar refractivity (Wildman–Crippen MR) is 271 cm³/mol. The summed E-state index contributed by atoms with van der Waals surface area (Å²) in [6.45, 7) is 0. The molecule has 64 heavy (non-hydrogen) atoms. The minimum atomic E-state index is -0.460. The van der Waals surface area contributed by atoms with Crippen LogP contribution in [0.5, 0.6) is 0 Å². The third kappa shape index (κ3) is 5.51. The molecular formula is C61H40N2S. The Kier molecular flexibility index (Phi) is 8.34. The highest BCUT2D eigenvalue weighted by Gasteiger charge is 2.46. The first-order chi connectivity index (χ1) is 31.7. The van der Waals surface area contributed by atoms with Gasteiger partial charge in [0.1, 0.15) is 0 Å². The van der Waals surface area contributed by atoms with Gasteiger partial charge in [-0.2, -0.15) is 0 Å². The second-order valence-electron chi connectivity index (χ2n) is 16.8. The molecule has 0 saturated carbocycles. The number of hydrogen-bond acceptors (Lipinski definition) is 2. The van der Waals surface area contributed by atoms with Crippen LogP contribution in [0.15, 0.2) is 243 Å². The van der Waals surface area contributed by atoms with Crippen LogP contribution in [0.2, 0.25) is 0 Å². The summed E-state index contributed by atoms with van der Waals surface area (Å²) in [5.74, 6) is 0. The van der Waals surface area contributed by atoms with E-state index in [1.54, 1.807) is 0 Å². The first-order valence-electron chi connectivity index (χ1n) is 22.0. The summed E-state index contributed by atoms with van der Waals surface area (Å²) in [6, 6.07) is 89.5. The zero-order valence-electron chi connectivity index (χ0n) is 34.9. The number of fused-ring (bicyclic) bond motifs is 9. The molecule has 0 atom stereocenters. The molecule has 2 heterocycles. The molecule has 0 unspecified atom stereocenters.